The van der Waals surface area contributed by atoms with Crippen LogP contribution in [0.2, 0.25) is 0 Å². The van der Waals surface area contributed by atoms with Gasteiger partial charge in [0, 0.05) is 29.4 Å². The Morgan fingerprint density at radius 2 is 1.10 bits per heavy atom. The molecule has 0 fully saturated rings. The number of hydrogen-bond acceptors (Lipinski definition) is 6. The number of benzene rings is 3. The second-order valence-electron chi connectivity index (χ2n) is 5.70. The molecule has 0 aliphatic rings. The first-order valence-corrected chi connectivity index (χ1v) is 8.13. The number of para-hydroxylation sites is 2. The fraction of sp³-hybridized carbons (Fsp3) is 0. The highest BCUT2D eigenvalue weighted by atomic mass is 16.6. The molecule has 11 heteroatoms. The summed E-state index contributed by atoms with van der Waals surface area (Å²) in [6.45, 7) is 0. The van der Waals surface area contributed by atoms with Crippen LogP contribution in [0.15, 0.2) is 77.9 Å². The van der Waals surface area contributed by atoms with Gasteiger partial charge in [0.05, 0.1) is 14.8 Å². The van der Waals surface area contributed by atoms with Crippen LogP contribution in [-0.2, 0) is 0 Å². The number of nitro benzene ring substituents is 2. The predicted octanol–water partition coefficient (Wildman–Crippen LogP) is 4.92. The number of nitro groups is 2. The van der Waals surface area contributed by atoms with Crippen LogP contribution in [0.4, 0.5) is 34.1 Å². The topological polar surface area (TPSA) is 142 Å². The van der Waals surface area contributed by atoms with Crippen LogP contribution in [0.25, 0.3) is 0 Å². The van der Waals surface area contributed by atoms with Gasteiger partial charge < -0.3 is 0 Å². The summed E-state index contributed by atoms with van der Waals surface area (Å²) in [7, 11) is 0. The Hall–Kier alpha value is -4.54. The van der Waals surface area contributed by atoms with E-state index < -0.39 is 37.5 Å². The standard InChI is InChI=1S/C18H13N5O6/c24-21(25)15-11-16(22(26)27)18(17(12-15)23(28)29)19-20(13-7-3-1-4-8-13)14-9-5-2-6-10-14/h1-12H,(H,24,25)/q+2. The van der Waals surface area contributed by atoms with Gasteiger partial charge in [0.25, 0.3) is 10.6 Å². The molecule has 0 unspecified atom stereocenters. The second-order valence-corrected chi connectivity index (χ2v) is 5.70. The van der Waals surface area contributed by atoms with Crippen molar-refractivity contribution in [1.29, 1.82) is 0 Å². The van der Waals surface area contributed by atoms with E-state index in [0.29, 0.717) is 23.5 Å². The van der Waals surface area contributed by atoms with Crippen molar-refractivity contribution in [1.82, 2.24) is 4.70 Å². The van der Waals surface area contributed by atoms with Gasteiger partial charge in [-0.2, -0.15) is 0 Å². The van der Waals surface area contributed by atoms with E-state index in [1.54, 1.807) is 60.7 Å². The largest absolute Gasteiger partial charge is 0.330 e. The van der Waals surface area contributed by atoms with Crippen molar-refractivity contribution in [3.05, 3.63) is 97.9 Å². The maximum Gasteiger partial charge on any atom is 0.330 e. The van der Waals surface area contributed by atoms with Crippen molar-refractivity contribution in [2.45, 2.75) is 0 Å². The average Bonchev–Trinajstić information content (AvgIpc) is 2.72. The lowest BCUT2D eigenvalue weighted by Gasteiger charge is -2.01. The van der Waals surface area contributed by atoms with E-state index >= 15 is 0 Å². The summed E-state index contributed by atoms with van der Waals surface area (Å²) in [5.41, 5.74) is -1.84. The summed E-state index contributed by atoms with van der Waals surface area (Å²) >= 11 is 0. The van der Waals surface area contributed by atoms with Crippen molar-refractivity contribution in [2.75, 3.05) is 0 Å². The molecule has 3 aromatic rings. The van der Waals surface area contributed by atoms with Crippen LogP contribution in [0, 0.1) is 25.1 Å². The van der Waals surface area contributed by atoms with Crippen molar-refractivity contribution >= 4 is 34.1 Å². The zero-order chi connectivity index (χ0) is 21.0. The number of rotatable bonds is 6. The predicted molar refractivity (Wildman–Crippen MR) is 101 cm³/mol. The molecule has 0 saturated carbocycles. The Balaban J connectivity index is 2.37. The Bertz CT molecular complexity index is 1060. The van der Waals surface area contributed by atoms with E-state index in [0.717, 1.165) is 0 Å². The van der Waals surface area contributed by atoms with E-state index in [1.807, 2.05) is 0 Å². The van der Waals surface area contributed by atoms with Crippen molar-refractivity contribution in [3.63, 3.8) is 0 Å². The lowest BCUT2D eigenvalue weighted by Crippen LogP contribution is -2.03. The Kier molecular flexibility index (Phi) is 5.30. The normalized spacial score (nSPS) is 10.2. The van der Waals surface area contributed by atoms with Gasteiger partial charge in [-0.1, -0.05) is 36.4 Å². The first-order valence-electron chi connectivity index (χ1n) is 8.13. The molecule has 0 bridgehead atoms. The third kappa shape index (κ3) is 4.08. The summed E-state index contributed by atoms with van der Waals surface area (Å²) in [6.07, 6.45) is 0. The molecule has 0 spiro atoms. The Morgan fingerprint density at radius 1 is 0.690 bits per heavy atom. The Morgan fingerprint density at radius 3 is 1.45 bits per heavy atom. The van der Waals surface area contributed by atoms with Gasteiger partial charge in [-0.3, -0.25) is 20.2 Å². The van der Waals surface area contributed by atoms with Gasteiger partial charge in [0.15, 0.2) is 0 Å². The van der Waals surface area contributed by atoms with E-state index in [2.05, 4.69) is 5.11 Å². The highest BCUT2D eigenvalue weighted by molar-refractivity contribution is 5.74. The second kappa shape index (κ2) is 8.00. The van der Waals surface area contributed by atoms with Crippen molar-refractivity contribution in [2.24, 2.45) is 5.11 Å². The molecule has 0 radical (unpaired) electrons. The molecule has 11 nitrogen and oxygen atoms in total. The maximum atomic E-state index is 11.5. The molecule has 0 aliphatic carbocycles. The first kappa shape index (κ1) is 19.2. The monoisotopic (exact) mass is 395 g/mol. The van der Waals surface area contributed by atoms with Gasteiger partial charge in [-0.25, -0.2) is 5.21 Å². The van der Waals surface area contributed by atoms with Crippen LogP contribution in [0.1, 0.15) is 0 Å². The highest BCUT2D eigenvalue weighted by Crippen LogP contribution is 2.41. The van der Waals surface area contributed by atoms with E-state index in [-0.39, 0.29) is 0 Å². The van der Waals surface area contributed by atoms with Gasteiger partial charge in [0.2, 0.25) is 11.4 Å². The lowest BCUT2D eigenvalue weighted by atomic mass is 10.2. The zero-order valence-electron chi connectivity index (χ0n) is 14.7. The van der Waals surface area contributed by atoms with Gasteiger partial charge in [0.1, 0.15) is 12.1 Å². The Labute approximate surface area is 162 Å². The van der Waals surface area contributed by atoms with E-state index in [9.17, 15) is 25.1 Å². The van der Waals surface area contributed by atoms with Crippen LogP contribution in [-0.4, -0.2) is 20.0 Å². The minimum absolute atomic E-state index is 0.499. The number of hydrogen-bond donors (Lipinski definition) is 1. The molecule has 0 atom stereocenters. The summed E-state index contributed by atoms with van der Waals surface area (Å²) in [5, 5.41) is 36.3. The fourth-order valence-corrected chi connectivity index (χ4v) is 2.58. The van der Waals surface area contributed by atoms with Crippen molar-refractivity contribution < 1.29 is 20.0 Å². The summed E-state index contributed by atoms with van der Waals surface area (Å²) in [6, 6.07) is 18.5. The van der Waals surface area contributed by atoms with Gasteiger partial charge in [-0.15, -0.1) is 0 Å². The molecule has 0 aliphatic heterocycles. The minimum Gasteiger partial charge on any atom is -0.258 e. The van der Waals surface area contributed by atoms with Crippen LogP contribution < -0.4 is 4.70 Å². The van der Waals surface area contributed by atoms with Gasteiger partial charge in [-0.05, 0) is 4.70 Å². The molecule has 29 heavy (non-hydrogen) atoms. The molecule has 3 aromatic carbocycles. The smallest absolute Gasteiger partial charge is 0.258 e. The van der Waals surface area contributed by atoms with E-state index in [1.165, 1.54) is 4.70 Å². The third-order valence-corrected chi connectivity index (χ3v) is 3.87. The summed E-state index contributed by atoms with van der Waals surface area (Å²) in [4.78, 5) is 31.7. The SMILES string of the molecule is O=[N+]([O-])c1cc([N+](=O)O)cc([N+](=O)[O-])c1N=[N+](c1ccccc1)c1ccccc1. The first-order chi connectivity index (χ1) is 13.9. The van der Waals surface area contributed by atoms with Crippen molar-refractivity contribution in [3.8, 4) is 0 Å². The zero-order valence-corrected chi connectivity index (χ0v) is 14.7. The summed E-state index contributed by atoms with van der Waals surface area (Å²) in [5.74, 6) is 0. The molecule has 144 valence electrons. The molecular formula is C18H13N5O6+2. The highest BCUT2D eigenvalue weighted by Gasteiger charge is 2.35. The molecule has 0 aromatic heterocycles. The number of azo groups is 2. The molecular weight excluding hydrogens is 382 g/mol. The van der Waals surface area contributed by atoms with Crippen LogP contribution in [0.5, 0.6) is 0 Å². The minimum atomic E-state index is -0.910. The maximum absolute atomic E-state index is 11.5. The molecule has 0 heterocycles. The quantitative estimate of drug-likeness (QED) is 0.272. The molecule has 0 saturated heterocycles. The van der Waals surface area contributed by atoms with Gasteiger partial charge >= 0.3 is 17.1 Å². The van der Waals surface area contributed by atoms with Crippen LogP contribution in [0.3, 0.4) is 0 Å². The summed E-state index contributed by atoms with van der Waals surface area (Å²) < 4.78 is 1.31. The average molecular weight is 395 g/mol. The van der Waals surface area contributed by atoms with Crippen LogP contribution >= 0.6 is 0 Å². The molecule has 3 rings (SSSR count). The third-order valence-electron chi connectivity index (χ3n) is 3.87. The molecule has 0 amide bonds. The number of nitrogens with zero attached hydrogens (tertiary/aromatic N) is 5. The molecule has 1 N–H and O–H groups in total. The van der Waals surface area contributed by atoms with E-state index in [4.69, 9.17) is 5.21 Å². The fourth-order valence-electron chi connectivity index (χ4n) is 2.58. The lowest BCUT2D eigenvalue weighted by molar-refractivity contribution is -0.730.